The molecular formula is C19H22ClN3O. The summed E-state index contributed by atoms with van der Waals surface area (Å²) in [6.07, 6.45) is 5.48. The molecule has 0 unspecified atom stereocenters. The van der Waals surface area contributed by atoms with Crippen LogP contribution in [0, 0.1) is 5.92 Å². The van der Waals surface area contributed by atoms with Crippen LogP contribution in [0.3, 0.4) is 0 Å². The van der Waals surface area contributed by atoms with E-state index in [0.717, 1.165) is 38.0 Å². The van der Waals surface area contributed by atoms with Gasteiger partial charge < -0.3 is 5.32 Å². The maximum atomic E-state index is 12.3. The number of carbonyl (C=O) groups excluding carboxylic acids is 1. The second-order valence-corrected chi connectivity index (χ2v) is 6.69. The maximum absolute atomic E-state index is 12.3. The van der Waals surface area contributed by atoms with E-state index < -0.39 is 0 Å². The molecule has 1 aliphatic rings. The molecule has 1 fully saturated rings. The highest BCUT2D eigenvalue weighted by Gasteiger charge is 2.24. The summed E-state index contributed by atoms with van der Waals surface area (Å²) >= 11 is 5.87. The van der Waals surface area contributed by atoms with Gasteiger partial charge in [-0.1, -0.05) is 23.7 Å². The normalized spacial score (nSPS) is 16.0. The van der Waals surface area contributed by atoms with Crippen LogP contribution in [0.5, 0.6) is 0 Å². The molecule has 0 bridgehead atoms. The SMILES string of the molecule is O=C(NCc1ccc(Cl)cc1)C1CCN(Cc2ccncc2)CC1. The van der Waals surface area contributed by atoms with Gasteiger partial charge in [0.15, 0.2) is 0 Å². The highest BCUT2D eigenvalue weighted by atomic mass is 35.5. The smallest absolute Gasteiger partial charge is 0.223 e. The lowest BCUT2D eigenvalue weighted by Gasteiger charge is -2.31. The number of piperidine rings is 1. The molecule has 126 valence electrons. The molecule has 1 amide bonds. The molecular weight excluding hydrogens is 322 g/mol. The van der Waals surface area contributed by atoms with Crippen LogP contribution in [0.25, 0.3) is 0 Å². The Morgan fingerprint density at radius 2 is 1.75 bits per heavy atom. The van der Waals surface area contributed by atoms with Crippen LogP contribution in [-0.2, 0) is 17.9 Å². The first-order valence-electron chi connectivity index (χ1n) is 8.34. The molecule has 0 spiro atoms. The molecule has 1 saturated heterocycles. The fraction of sp³-hybridized carbons (Fsp3) is 0.368. The fourth-order valence-corrected chi connectivity index (χ4v) is 3.16. The van der Waals surface area contributed by atoms with Crippen LogP contribution >= 0.6 is 11.6 Å². The Morgan fingerprint density at radius 3 is 2.42 bits per heavy atom. The Labute approximate surface area is 147 Å². The molecule has 5 heteroatoms. The number of benzene rings is 1. The topological polar surface area (TPSA) is 45.2 Å². The quantitative estimate of drug-likeness (QED) is 0.906. The number of nitrogens with zero attached hydrogens (tertiary/aromatic N) is 2. The maximum Gasteiger partial charge on any atom is 0.223 e. The number of hydrogen-bond donors (Lipinski definition) is 1. The van der Waals surface area contributed by atoms with Crippen LogP contribution in [-0.4, -0.2) is 28.9 Å². The number of hydrogen-bond acceptors (Lipinski definition) is 3. The summed E-state index contributed by atoms with van der Waals surface area (Å²) in [7, 11) is 0. The molecule has 2 aromatic rings. The van der Waals surface area contributed by atoms with Gasteiger partial charge in [0.2, 0.25) is 5.91 Å². The lowest BCUT2D eigenvalue weighted by molar-refractivity contribution is -0.126. The monoisotopic (exact) mass is 343 g/mol. The number of carbonyl (C=O) groups is 1. The van der Waals surface area contributed by atoms with Crippen molar-refractivity contribution in [1.82, 2.24) is 15.2 Å². The minimum Gasteiger partial charge on any atom is -0.352 e. The molecule has 2 heterocycles. The summed E-state index contributed by atoms with van der Waals surface area (Å²) in [5, 5.41) is 3.76. The minimum atomic E-state index is 0.117. The third kappa shape index (κ3) is 4.79. The average Bonchev–Trinajstić information content (AvgIpc) is 2.62. The van der Waals surface area contributed by atoms with Crippen LogP contribution < -0.4 is 5.32 Å². The molecule has 0 aliphatic carbocycles. The van der Waals surface area contributed by atoms with Crippen LogP contribution in [0.1, 0.15) is 24.0 Å². The van der Waals surface area contributed by atoms with Gasteiger partial charge >= 0.3 is 0 Å². The van der Waals surface area contributed by atoms with Crippen molar-refractivity contribution in [3.05, 3.63) is 64.9 Å². The summed E-state index contributed by atoms with van der Waals surface area (Å²) in [6.45, 7) is 3.41. The first-order chi connectivity index (χ1) is 11.7. The number of likely N-dealkylation sites (tertiary alicyclic amines) is 1. The van der Waals surface area contributed by atoms with E-state index in [2.05, 4.69) is 15.2 Å². The van der Waals surface area contributed by atoms with Gasteiger partial charge in [0.05, 0.1) is 0 Å². The van der Waals surface area contributed by atoms with Crippen molar-refractivity contribution in [2.24, 2.45) is 5.92 Å². The number of halogens is 1. The molecule has 1 N–H and O–H groups in total. The summed E-state index contributed by atoms with van der Waals surface area (Å²) in [4.78, 5) is 18.8. The van der Waals surface area contributed by atoms with E-state index in [9.17, 15) is 4.79 Å². The summed E-state index contributed by atoms with van der Waals surface area (Å²) < 4.78 is 0. The van der Waals surface area contributed by atoms with Crippen molar-refractivity contribution in [2.75, 3.05) is 13.1 Å². The van der Waals surface area contributed by atoms with Gasteiger partial charge in [-0.15, -0.1) is 0 Å². The Hall–Kier alpha value is -1.91. The molecule has 0 atom stereocenters. The first kappa shape index (κ1) is 16.9. The van der Waals surface area contributed by atoms with E-state index in [4.69, 9.17) is 11.6 Å². The van der Waals surface area contributed by atoms with Crippen LogP contribution in [0.15, 0.2) is 48.8 Å². The molecule has 3 rings (SSSR count). The van der Waals surface area contributed by atoms with Crippen molar-refractivity contribution in [2.45, 2.75) is 25.9 Å². The number of nitrogens with one attached hydrogen (secondary N) is 1. The first-order valence-corrected chi connectivity index (χ1v) is 8.72. The van der Waals surface area contributed by atoms with E-state index in [1.54, 1.807) is 0 Å². The zero-order valence-corrected chi connectivity index (χ0v) is 14.4. The number of rotatable bonds is 5. The van der Waals surface area contributed by atoms with Crippen molar-refractivity contribution in [3.8, 4) is 0 Å². The lowest BCUT2D eigenvalue weighted by atomic mass is 9.95. The molecule has 4 nitrogen and oxygen atoms in total. The predicted molar refractivity (Wildman–Crippen MR) is 95.5 cm³/mol. The Balaban J connectivity index is 1.42. The van der Waals surface area contributed by atoms with Gasteiger partial charge in [-0.3, -0.25) is 14.7 Å². The average molecular weight is 344 g/mol. The number of aromatic nitrogens is 1. The lowest BCUT2D eigenvalue weighted by Crippen LogP contribution is -2.40. The summed E-state index contributed by atoms with van der Waals surface area (Å²) in [6, 6.07) is 11.7. The van der Waals surface area contributed by atoms with Gasteiger partial charge in [-0.2, -0.15) is 0 Å². The molecule has 1 aliphatic heterocycles. The van der Waals surface area contributed by atoms with E-state index in [1.807, 2.05) is 48.8 Å². The Kier molecular flexibility index (Phi) is 5.83. The standard InChI is InChI=1S/C19H22ClN3O/c20-18-3-1-15(2-4-18)13-22-19(24)17-7-11-23(12-8-17)14-16-5-9-21-10-6-16/h1-6,9-10,17H,7-8,11-14H2,(H,22,24). The van der Waals surface area contributed by atoms with Gasteiger partial charge in [-0.25, -0.2) is 0 Å². The predicted octanol–water partition coefficient (Wildman–Crippen LogP) is 3.26. The van der Waals surface area contributed by atoms with E-state index >= 15 is 0 Å². The molecule has 0 radical (unpaired) electrons. The number of pyridine rings is 1. The van der Waals surface area contributed by atoms with Crippen LogP contribution in [0.4, 0.5) is 0 Å². The third-order valence-electron chi connectivity index (χ3n) is 4.49. The Morgan fingerprint density at radius 1 is 1.08 bits per heavy atom. The second kappa shape index (κ2) is 8.27. The van der Waals surface area contributed by atoms with E-state index in [1.165, 1.54) is 5.56 Å². The van der Waals surface area contributed by atoms with Crippen LogP contribution in [0.2, 0.25) is 5.02 Å². The third-order valence-corrected chi connectivity index (χ3v) is 4.75. The zero-order chi connectivity index (χ0) is 16.8. The van der Waals surface area contributed by atoms with E-state index in [0.29, 0.717) is 11.6 Å². The van der Waals surface area contributed by atoms with Crippen molar-refractivity contribution in [3.63, 3.8) is 0 Å². The minimum absolute atomic E-state index is 0.117. The highest BCUT2D eigenvalue weighted by molar-refractivity contribution is 6.30. The zero-order valence-electron chi connectivity index (χ0n) is 13.6. The second-order valence-electron chi connectivity index (χ2n) is 6.25. The summed E-state index contributed by atoms with van der Waals surface area (Å²) in [5.41, 5.74) is 2.35. The summed E-state index contributed by atoms with van der Waals surface area (Å²) in [5.74, 6) is 0.277. The van der Waals surface area contributed by atoms with E-state index in [-0.39, 0.29) is 11.8 Å². The molecule has 1 aromatic heterocycles. The largest absolute Gasteiger partial charge is 0.352 e. The van der Waals surface area contributed by atoms with Gasteiger partial charge in [0.25, 0.3) is 0 Å². The fourth-order valence-electron chi connectivity index (χ4n) is 3.04. The molecule has 0 saturated carbocycles. The van der Waals surface area contributed by atoms with Gasteiger partial charge in [-0.05, 0) is 61.3 Å². The van der Waals surface area contributed by atoms with Crippen molar-refractivity contribution < 1.29 is 4.79 Å². The van der Waals surface area contributed by atoms with Gasteiger partial charge in [0.1, 0.15) is 0 Å². The molecule has 1 aromatic carbocycles. The highest BCUT2D eigenvalue weighted by Crippen LogP contribution is 2.19. The number of amides is 1. The van der Waals surface area contributed by atoms with Crippen molar-refractivity contribution >= 4 is 17.5 Å². The molecule has 24 heavy (non-hydrogen) atoms. The Bertz CT molecular complexity index is 652. The van der Waals surface area contributed by atoms with Crippen molar-refractivity contribution in [1.29, 1.82) is 0 Å². The van der Waals surface area contributed by atoms with Gasteiger partial charge in [0, 0.05) is 36.4 Å².